The molecule has 2 aromatic rings. The van der Waals surface area contributed by atoms with Gasteiger partial charge in [0.25, 0.3) is 0 Å². The van der Waals surface area contributed by atoms with Crippen LogP contribution in [0.15, 0.2) is 24.3 Å². The number of phenols is 2. The van der Waals surface area contributed by atoms with E-state index in [0.717, 1.165) is 0 Å². The molecule has 6 heteroatoms. The van der Waals surface area contributed by atoms with Gasteiger partial charge in [-0.05, 0) is 30.7 Å². The van der Waals surface area contributed by atoms with Crippen molar-refractivity contribution >= 4 is 17.9 Å². The Balaban J connectivity index is 2.14. The number of carbonyl (C=O) groups excluding carboxylic acids is 3. The molecule has 2 aromatic carbocycles. The van der Waals surface area contributed by atoms with Gasteiger partial charge in [-0.3, -0.25) is 9.59 Å². The zero-order chi connectivity index (χ0) is 17.4. The lowest BCUT2D eigenvalue weighted by Crippen LogP contribution is -2.21. The monoisotopic (exact) mass is 326 g/mol. The van der Waals surface area contributed by atoms with Gasteiger partial charge in [-0.1, -0.05) is 0 Å². The minimum absolute atomic E-state index is 0.0126. The number of fused-ring (bicyclic) bond motifs is 2. The molecule has 0 unspecified atom stereocenters. The molecule has 0 amide bonds. The smallest absolute Gasteiger partial charge is 0.201 e. The molecule has 1 aliphatic carbocycles. The molecule has 2 N–H and O–H groups in total. The highest BCUT2D eigenvalue weighted by Crippen LogP contribution is 2.39. The second-order valence-electron chi connectivity index (χ2n) is 5.53. The highest BCUT2D eigenvalue weighted by molar-refractivity contribution is 6.30. The van der Waals surface area contributed by atoms with Gasteiger partial charge >= 0.3 is 0 Å². The van der Waals surface area contributed by atoms with Crippen LogP contribution in [0.25, 0.3) is 0 Å². The highest BCUT2D eigenvalue weighted by Gasteiger charge is 2.35. The summed E-state index contributed by atoms with van der Waals surface area (Å²) >= 11 is 0. The fraction of sp³-hybridized carbons (Fsp3) is 0.167. The number of aromatic hydroxyl groups is 2. The van der Waals surface area contributed by atoms with Crippen LogP contribution in [0.4, 0.5) is 0 Å². The third-order valence-corrected chi connectivity index (χ3v) is 3.80. The summed E-state index contributed by atoms with van der Waals surface area (Å²) in [6.07, 6.45) is 0.857. The molecule has 0 spiro atoms. The molecule has 0 radical (unpaired) electrons. The maximum atomic E-state index is 12.7. The Morgan fingerprint density at radius 2 is 1.58 bits per heavy atom. The summed E-state index contributed by atoms with van der Waals surface area (Å²) in [5.74, 6) is -1.60. The van der Waals surface area contributed by atoms with Crippen LogP contribution in [0.3, 0.4) is 0 Å². The summed E-state index contributed by atoms with van der Waals surface area (Å²) in [7, 11) is 0. The van der Waals surface area contributed by atoms with Crippen molar-refractivity contribution in [2.24, 2.45) is 0 Å². The van der Waals surface area contributed by atoms with Crippen molar-refractivity contribution in [2.75, 3.05) is 6.61 Å². The first kappa shape index (κ1) is 15.7. The maximum Gasteiger partial charge on any atom is 0.201 e. The van der Waals surface area contributed by atoms with Crippen LogP contribution in [-0.4, -0.2) is 34.7 Å². The molecular weight excluding hydrogens is 312 g/mol. The van der Waals surface area contributed by atoms with E-state index in [1.165, 1.54) is 24.3 Å². The number of rotatable bonds is 4. The van der Waals surface area contributed by atoms with Crippen LogP contribution in [-0.2, 0) is 4.79 Å². The second-order valence-corrected chi connectivity index (χ2v) is 5.53. The number of benzene rings is 2. The molecule has 6 nitrogen and oxygen atoms in total. The van der Waals surface area contributed by atoms with Crippen LogP contribution in [0.5, 0.6) is 17.2 Å². The van der Waals surface area contributed by atoms with E-state index in [-0.39, 0.29) is 46.8 Å². The molecule has 0 heterocycles. The molecule has 0 saturated heterocycles. The quantitative estimate of drug-likeness (QED) is 0.563. The van der Waals surface area contributed by atoms with Gasteiger partial charge in [0.15, 0.2) is 5.78 Å². The zero-order valence-electron chi connectivity index (χ0n) is 12.8. The van der Waals surface area contributed by atoms with Crippen LogP contribution in [0.1, 0.15) is 43.8 Å². The zero-order valence-corrected chi connectivity index (χ0v) is 12.8. The predicted octanol–water partition coefficient (Wildman–Crippen LogP) is 2.15. The molecule has 0 aromatic heterocycles. The van der Waals surface area contributed by atoms with E-state index in [1.54, 1.807) is 6.92 Å². The van der Waals surface area contributed by atoms with Gasteiger partial charge in [-0.15, -0.1) is 0 Å². The van der Waals surface area contributed by atoms with Gasteiger partial charge in [0.05, 0.1) is 17.7 Å². The van der Waals surface area contributed by atoms with Crippen molar-refractivity contribution in [3.05, 3.63) is 52.1 Å². The Labute approximate surface area is 137 Å². The van der Waals surface area contributed by atoms with Crippen molar-refractivity contribution in [2.45, 2.75) is 13.3 Å². The normalized spacial score (nSPS) is 12.5. The Morgan fingerprint density at radius 3 is 2.25 bits per heavy atom. The second kappa shape index (κ2) is 5.81. The lowest BCUT2D eigenvalue weighted by atomic mass is 9.82. The Bertz CT molecular complexity index is 882. The topological polar surface area (TPSA) is 101 Å². The largest absolute Gasteiger partial charge is 0.507 e. The van der Waals surface area contributed by atoms with Gasteiger partial charge in [0.2, 0.25) is 5.78 Å². The lowest BCUT2D eigenvalue weighted by molar-refractivity contribution is -0.108. The first-order valence-corrected chi connectivity index (χ1v) is 7.30. The van der Waals surface area contributed by atoms with E-state index in [9.17, 15) is 24.6 Å². The number of hydrogen-bond acceptors (Lipinski definition) is 6. The fourth-order valence-electron chi connectivity index (χ4n) is 2.78. The van der Waals surface area contributed by atoms with E-state index in [1.807, 2.05) is 0 Å². The third-order valence-electron chi connectivity index (χ3n) is 3.80. The van der Waals surface area contributed by atoms with E-state index in [2.05, 4.69) is 0 Å². The first-order chi connectivity index (χ1) is 11.4. The number of ether oxygens (including phenoxy) is 1. The Kier molecular flexibility index (Phi) is 3.81. The highest BCUT2D eigenvalue weighted by atomic mass is 16.5. The van der Waals surface area contributed by atoms with Crippen molar-refractivity contribution in [3.63, 3.8) is 0 Å². The summed E-state index contributed by atoms with van der Waals surface area (Å²) in [5.41, 5.74) is 0.476. The average molecular weight is 326 g/mol. The molecule has 0 fully saturated rings. The Hall–Kier alpha value is -3.15. The number of carbonyl (C=O) groups is 3. The Morgan fingerprint density at radius 1 is 0.958 bits per heavy atom. The van der Waals surface area contributed by atoms with E-state index >= 15 is 0 Å². The maximum absolute atomic E-state index is 12.7. The van der Waals surface area contributed by atoms with E-state index < -0.39 is 17.3 Å². The summed E-state index contributed by atoms with van der Waals surface area (Å²) in [4.78, 5) is 35.7. The minimum atomic E-state index is -0.617. The number of phenolic OH excluding ortho intramolecular Hbond substituents is 2. The molecule has 0 aliphatic heterocycles. The van der Waals surface area contributed by atoms with E-state index in [0.29, 0.717) is 11.8 Å². The van der Waals surface area contributed by atoms with Crippen LogP contribution in [0, 0.1) is 6.92 Å². The summed E-state index contributed by atoms with van der Waals surface area (Å²) in [6, 6.07) is 5.49. The van der Waals surface area contributed by atoms with Crippen LogP contribution in [0.2, 0.25) is 0 Å². The van der Waals surface area contributed by atoms with Gasteiger partial charge in [0, 0.05) is 23.6 Å². The number of hydrogen-bond donors (Lipinski definition) is 2. The number of aryl methyl sites for hydroxylation is 1. The molecule has 24 heavy (non-hydrogen) atoms. The van der Waals surface area contributed by atoms with Crippen molar-refractivity contribution in [3.8, 4) is 17.2 Å². The summed E-state index contributed by atoms with van der Waals surface area (Å²) in [5, 5.41) is 20.2. The van der Waals surface area contributed by atoms with E-state index in [4.69, 9.17) is 4.74 Å². The van der Waals surface area contributed by atoms with Crippen LogP contribution < -0.4 is 4.74 Å². The third kappa shape index (κ3) is 2.42. The molecule has 1 aliphatic rings. The molecule has 0 bridgehead atoms. The average Bonchev–Trinajstić information content (AvgIpc) is 2.51. The van der Waals surface area contributed by atoms with Gasteiger partial charge < -0.3 is 19.7 Å². The standard InChI is InChI=1S/C18H14O6/c1-9-5-11-15(13(20)6-9)18(23)16-12(17(11)22)7-10(8-14(16)21)24-4-2-3-19/h3,5-8,20-21H,2,4H2,1H3. The molecule has 122 valence electrons. The lowest BCUT2D eigenvalue weighted by Gasteiger charge is -2.20. The summed E-state index contributed by atoms with van der Waals surface area (Å²) in [6.45, 7) is 1.80. The predicted molar refractivity (Wildman–Crippen MR) is 84.0 cm³/mol. The number of aldehydes is 1. The molecule has 0 saturated carbocycles. The molecular formula is C18H14O6. The molecule has 3 rings (SSSR count). The van der Waals surface area contributed by atoms with Crippen LogP contribution >= 0.6 is 0 Å². The van der Waals surface area contributed by atoms with Gasteiger partial charge in [0.1, 0.15) is 23.5 Å². The minimum Gasteiger partial charge on any atom is -0.507 e. The molecule has 0 atom stereocenters. The first-order valence-electron chi connectivity index (χ1n) is 7.30. The van der Waals surface area contributed by atoms with Gasteiger partial charge in [-0.25, -0.2) is 0 Å². The number of ketones is 2. The van der Waals surface area contributed by atoms with Crippen molar-refractivity contribution in [1.29, 1.82) is 0 Å². The fourth-order valence-corrected chi connectivity index (χ4v) is 2.78. The summed E-state index contributed by atoms with van der Waals surface area (Å²) < 4.78 is 5.31. The SMILES string of the molecule is Cc1cc(O)c2c(c1)C(=O)c1cc(OCCC=O)cc(O)c1C2=O. The van der Waals surface area contributed by atoms with Gasteiger partial charge in [-0.2, -0.15) is 0 Å². The van der Waals surface area contributed by atoms with Crippen molar-refractivity contribution < 1.29 is 29.3 Å². The van der Waals surface area contributed by atoms with Crippen molar-refractivity contribution in [1.82, 2.24) is 0 Å².